The molecule has 6 unspecified atom stereocenters. The highest BCUT2D eigenvalue weighted by molar-refractivity contribution is 5.55. The molecule has 23 heavy (non-hydrogen) atoms. The van der Waals surface area contributed by atoms with Crippen LogP contribution in [0.5, 0.6) is 5.75 Å². The summed E-state index contributed by atoms with van der Waals surface area (Å²) < 4.78 is 6.74. The van der Waals surface area contributed by atoms with E-state index in [0.717, 1.165) is 17.8 Å². The van der Waals surface area contributed by atoms with Crippen LogP contribution in [-0.4, -0.2) is 5.60 Å². The first-order chi connectivity index (χ1) is 11.0. The van der Waals surface area contributed by atoms with Crippen molar-refractivity contribution in [1.82, 2.24) is 0 Å². The van der Waals surface area contributed by atoms with Gasteiger partial charge >= 0.3 is 0 Å². The minimum Gasteiger partial charge on any atom is -0.487 e. The minimum atomic E-state index is 0.0843. The van der Waals surface area contributed by atoms with E-state index in [9.17, 15) is 0 Å². The molecule has 0 radical (unpaired) electrons. The van der Waals surface area contributed by atoms with Crippen molar-refractivity contribution >= 4 is 0 Å². The maximum Gasteiger partial charge on any atom is 0.123 e. The lowest BCUT2D eigenvalue weighted by atomic mass is 9.57. The van der Waals surface area contributed by atoms with Crippen LogP contribution in [0, 0.1) is 22.7 Å². The van der Waals surface area contributed by atoms with Crippen molar-refractivity contribution in [3.05, 3.63) is 29.3 Å². The molecular weight excluding hydrogens is 280 g/mol. The normalized spacial score (nSPS) is 47.9. The van der Waals surface area contributed by atoms with E-state index in [-0.39, 0.29) is 5.60 Å². The second kappa shape index (κ2) is 4.16. The molecule has 0 saturated heterocycles. The zero-order valence-corrected chi connectivity index (χ0v) is 15.1. The zero-order chi connectivity index (χ0) is 16.0. The van der Waals surface area contributed by atoms with Gasteiger partial charge in [0.15, 0.2) is 0 Å². The van der Waals surface area contributed by atoms with Gasteiger partial charge in [-0.15, -0.1) is 0 Å². The lowest BCUT2D eigenvalue weighted by molar-refractivity contribution is -0.0777. The summed E-state index contributed by atoms with van der Waals surface area (Å²) in [4.78, 5) is 0. The van der Waals surface area contributed by atoms with Crippen LogP contribution in [0.25, 0.3) is 0 Å². The van der Waals surface area contributed by atoms with Crippen molar-refractivity contribution in [3.63, 3.8) is 0 Å². The van der Waals surface area contributed by atoms with Crippen molar-refractivity contribution in [2.45, 2.75) is 77.7 Å². The number of aryl methyl sites for hydroxylation is 1. The molecule has 0 aromatic heterocycles. The van der Waals surface area contributed by atoms with E-state index in [0.29, 0.717) is 10.8 Å². The molecule has 1 heterocycles. The number of hydrogen-bond donors (Lipinski definition) is 0. The van der Waals surface area contributed by atoms with E-state index in [4.69, 9.17) is 4.74 Å². The first-order valence-corrected chi connectivity index (χ1v) is 9.78. The molecular formula is C22H30O. The summed E-state index contributed by atoms with van der Waals surface area (Å²) in [6.07, 6.45) is 7.75. The number of fused-ring (bicyclic) bond motifs is 4. The number of hydrogen-bond acceptors (Lipinski definition) is 1. The molecule has 1 aliphatic heterocycles. The topological polar surface area (TPSA) is 9.23 Å². The third-order valence-electron chi connectivity index (χ3n) is 8.51. The molecule has 0 N–H and O–H groups in total. The van der Waals surface area contributed by atoms with Gasteiger partial charge in [0.25, 0.3) is 0 Å². The maximum atomic E-state index is 6.74. The average Bonchev–Trinajstić information content (AvgIpc) is 2.79. The quantitative estimate of drug-likeness (QED) is 0.646. The predicted molar refractivity (Wildman–Crippen MR) is 93.9 cm³/mol. The second-order valence-electron chi connectivity index (χ2n) is 9.37. The molecule has 5 rings (SSSR count). The molecule has 0 spiro atoms. The Hall–Kier alpha value is -0.980. The number of unbranched alkanes of at least 4 members (excludes halogenated alkanes) is 2. The molecule has 124 valence electrons. The van der Waals surface area contributed by atoms with E-state index in [2.05, 4.69) is 45.9 Å². The van der Waals surface area contributed by atoms with E-state index >= 15 is 0 Å². The maximum absolute atomic E-state index is 6.74. The first kappa shape index (κ1) is 14.4. The summed E-state index contributed by atoms with van der Waals surface area (Å²) in [6.45, 7) is 9.79. The van der Waals surface area contributed by atoms with Gasteiger partial charge in [0, 0.05) is 11.8 Å². The van der Waals surface area contributed by atoms with E-state index in [1.165, 1.54) is 55.4 Å². The molecule has 6 atom stereocenters. The SMILES string of the molecule is CCCCCc1ccc2c(c1)OC1(C)CCC3C1C1(C)C2C31C. The summed E-state index contributed by atoms with van der Waals surface area (Å²) in [7, 11) is 0. The van der Waals surface area contributed by atoms with Gasteiger partial charge in [0.05, 0.1) is 0 Å². The molecule has 1 aromatic carbocycles. The van der Waals surface area contributed by atoms with Gasteiger partial charge in [-0.25, -0.2) is 0 Å². The van der Waals surface area contributed by atoms with Crippen LogP contribution in [0.3, 0.4) is 0 Å². The van der Waals surface area contributed by atoms with Crippen LogP contribution >= 0.6 is 0 Å². The van der Waals surface area contributed by atoms with Crippen LogP contribution in [0.2, 0.25) is 0 Å². The molecule has 3 fully saturated rings. The predicted octanol–water partition coefficient (Wildman–Crippen LogP) is 5.72. The zero-order valence-electron chi connectivity index (χ0n) is 15.1. The molecule has 1 aromatic rings. The minimum absolute atomic E-state index is 0.0843. The Morgan fingerprint density at radius 1 is 1.13 bits per heavy atom. The van der Waals surface area contributed by atoms with Crippen LogP contribution in [-0.2, 0) is 6.42 Å². The third-order valence-corrected chi connectivity index (χ3v) is 8.51. The van der Waals surface area contributed by atoms with Gasteiger partial charge in [0.2, 0.25) is 0 Å². The van der Waals surface area contributed by atoms with Crippen LogP contribution in [0.1, 0.15) is 76.8 Å². The fourth-order valence-corrected chi connectivity index (χ4v) is 7.43. The smallest absolute Gasteiger partial charge is 0.123 e. The number of ether oxygens (including phenoxy) is 1. The summed E-state index contributed by atoms with van der Waals surface area (Å²) in [5, 5.41) is 0. The third kappa shape index (κ3) is 1.43. The number of rotatable bonds is 4. The molecule has 3 saturated carbocycles. The lowest BCUT2D eigenvalue weighted by Crippen LogP contribution is -2.52. The van der Waals surface area contributed by atoms with Crippen molar-refractivity contribution in [1.29, 1.82) is 0 Å². The molecule has 0 amide bonds. The van der Waals surface area contributed by atoms with Crippen molar-refractivity contribution < 1.29 is 4.74 Å². The van der Waals surface area contributed by atoms with Crippen molar-refractivity contribution in [2.24, 2.45) is 22.7 Å². The molecule has 4 aliphatic rings. The molecule has 3 aliphatic carbocycles. The summed E-state index contributed by atoms with van der Waals surface area (Å²) in [6, 6.07) is 7.19. The van der Waals surface area contributed by atoms with Gasteiger partial charge in [-0.05, 0) is 66.5 Å². The second-order valence-corrected chi connectivity index (χ2v) is 9.37. The van der Waals surface area contributed by atoms with Gasteiger partial charge in [-0.2, -0.15) is 0 Å². The highest BCUT2D eigenvalue weighted by Crippen LogP contribution is 2.95. The van der Waals surface area contributed by atoms with Crippen LogP contribution in [0.4, 0.5) is 0 Å². The Kier molecular flexibility index (Phi) is 2.60. The number of benzene rings is 1. The van der Waals surface area contributed by atoms with Crippen molar-refractivity contribution in [3.8, 4) is 5.75 Å². The molecule has 1 heteroatoms. The highest BCUT2D eigenvalue weighted by atomic mass is 16.5. The van der Waals surface area contributed by atoms with E-state index in [1.807, 2.05) is 0 Å². The van der Waals surface area contributed by atoms with E-state index in [1.54, 1.807) is 0 Å². The van der Waals surface area contributed by atoms with Gasteiger partial charge < -0.3 is 4.74 Å². The van der Waals surface area contributed by atoms with Crippen molar-refractivity contribution in [2.75, 3.05) is 0 Å². The van der Waals surface area contributed by atoms with Crippen LogP contribution < -0.4 is 4.74 Å². The summed E-state index contributed by atoms with van der Waals surface area (Å²) >= 11 is 0. The fraction of sp³-hybridized carbons (Fsp3) is 0.727. The Balaban J connectivity index is 1.54. The Morgan fingerprint density at radius 2 is 1.96 bits per heavy atom. The van der Waals surface area contributed by atoms with Gasteiger partial charge in [0.1, 0.15) is 11.4 Å². The monoisotopic (exact) mass is 310 g/mol. The largest absolute Gasteiger partial charge is 0.487 e. The lowest BCUT2D eigenvalue weighted by Gasteiger charge is -2.50. The Bertz CT molecular complexity index is 679. The van der Waals surface area contributed by atoms with Gasteiger partial charge in [-0.1, -0.05) is 45.7 Å². The molecule has 0 bridgehead atoms. The summed E-state index contributed by atoms with van der Waals surface area (Å²) in [5.41, 5.74) is 4.13. The molecule has 1 nitrogen and oxygen atoms in total. The Labute approximate surface area is 140 Å². The standard InChI is InChI=1S/C22H30O/c1-5-6-7-8-14-9-10-15-17(13-14)23-20(2)12-11-16-19(20)22(4)18(15)21(16,22)3/h9-10,13,16,18-19H,5-8,11-12H2,1-4H3. The van der Waals surface area contributed by atoms with Crippen LogP contribution in [0.15, 0.2) is 18.2 Å². The van der Waals surface area contributed by atoms with E-state index < -0.39 is 0 Å². The summed E-state index contributed by atoms with van der Waals surface area (Å²) in [5.74, 6) is 3.65. The first-order valence-electron chi connectivity index (χ1n) is 9.78. The Morgan fingerprint density at radius 3 is 2.74 bits per heavy atom. The highest BCUT2D eigenvalue weighted by Gasteiger charge is 2.91. The van der Waals surface area contributed by atoms with Gasteiger partial charge in [-0.3, -0.25) is 0 Å². The fourth-order valence-electron chi connectivity index (χ4n) is 7.43. The average molecular weight is 310 g/mol.